The van der Waals surface area contributed by atoms with Gasteiger partial charge in [-0.2, -0.15) is 5.10 Å². The molecule has 11 heteroatoms. The zero-order valence-electron chi connectivity index (χ0n) is 24.1. The van der Waals surface area contributed by atoms with Crippen molar-refractivity contribution in [2.45, 2.75) is 78.1 Å². The van der Waals surface area contributed by atoms with Crippen LogP contribution in [-0.2, 0) is 22.6 Å². The molecular formula is C30H38FN7O3. The molecule has 1 atom stereocenters. The summed E-state index contributed by atoms with van der Waals surface area (Å²) >= 11 is 0. The number of carbonyl (C=O) groups is 2. The Bertz CT molecular complexity index is 1400. The average molecular weight is 564 g/mol. The number of hydrogen-bond donors (Lipinski definition) is 2. The Hall–Kier alpha value is -4.02. The summed E-state index contributed by atoms with van der Waals surface area (Å²) in [6.45, 7) is 8.50. The first-order valence-corrected chi connectivity index (χ1v) is 14.1. The van der Waals surface area contributed by atoms with E-state index >= 15 is 0 Å². The van der Waals surface area contributed by atoms with Crippen LogP contribution >= 0.6 is 0 Å². The summed E-state index contributed by atoms with van der Waals surface area (Å²) in [5.41, 5.74) is 3.41. The molecule has 1 aliphatic carbocycles. The number of alkyl halides is 1. The minimum atomic E-state index is -0.610. The Morgan fingerprint density at radius 1 is 1.17 bits per heavy atom. The van der Waals surface area contributed by atoms with Crippen molar-refractivity contribution in [2.24, 2.45) is 5.41 Å². The molecule has 2 aliphatic rings. The topological polar surface area (TPSA) is 114 Å². The minimum Gasteiger partial charge on any atom is -0.444 e. The van der Waals surface area contributed by atoms with Crippen molar-refractivity contribution in [3.05, 3.63) is 54.0 Å². The highest BCUT2D eigenvalue weighted by molar-refractivity contribution is 5.86. The number of benzene rings is 1. The van der Waals surface area contributed by atoms with Crippen LogP contribution in [0, 0.1) is 12.3 Å². The van der Waals surface area contributed by atoms with Crippen LogP contribution in [0.5, 0.6) is 0 Å². The molecule has 2 fully saturated rings. The van der Waals surface area contributed by atoms with Gasteiger partial charge in [-0.1, -0.05) is 12.1 Å². The van der Waals surface area contributed by atoms with Crippen LogP contribution in [0.25, 0.3) is 11.3 Å². The third kappa shape index (κ3) is 7.01. The van der Waals surface area contributed by atoms with Gasteiger partial charge in [0.15, 0.2) is 0 Å². The predicted octanol–water partition coefficient (Wildman–Crippen LogP) is 5.16. The number of rotatable bonds is 9. The molecular weight excluding hydrogens is 525 g/mol. The fourth-order valence-corrected chi connectivity index (χ4v) is 4.94. The number of carbonyl (C=O) groups excluding carboxylic acids is 2. The zero-order valence-corrected chi connectivity index (χ0v) is 24.1. The first-order valence-electron chi connectivity index (χ1n) is 14.1. The Kier molecular flexibility index (Phi) is 7.97. The van der Waals surface area contributed by atoms with Crippen molar-refractivity contribution >= 4 is 23.6 Å². The molecule has 1 saturated carbocycles. The average Bonchev–Trinajstić information content (AvgIpc) is 3.30. The van der Waals surface area contributed by atoms with Crippen LogP contribution in [0.3, 0.4) is 0 Å². The number of aromatic nitrogens is 4. The maximum Gasteiger partial charge on any atom is 0.410 e. The first kappa shape index (κ1) is 28.5. The Labute approximate surface area is 239 Å². The number of halogens is 1. The number of likely N-dealkylation sites (tertiary alicyclic amines) is 1. The highest BCUT2D eigenvalue weighted by Gasteiger charge is 2.43. The van der Waals surface area contributed by atoms with Gasteiger partial charge in [0.2, 0.25) is 11.9 Å². The van der Waals surface area contributed by atoms with Crippen molar-refractivity contribution in [1.29, 1.82) is 0 Å². The molecule has 0 spiro atoms. The van der Waals surface area contributed by atoms with Gasteiger partial charge in [-0.05, 0) is 76.6 Å². The van der Waals surface area contributed by atoms with E-state index in [1.54, 1.807) is 17.1 Å². The van der Waals surface area contributed by atoms with E-state index < -0.39 is 17.7 Å². The van der Waals surface area contributed by atoms with Gasteiger partial charge in [-0.3, -0.25) is 18.8 Å². The van der Waals surface area contributed by atoms with Crippen LogP contribution < -0.4 is 10.6 Å². The van der Waals surface area contributed by atoms with Crippen molar-refractivity contribution in [2.75, 3.05) is 18.5 Å². The van der Waals surface area contributed by atoms with Gasteiger partial charge >= 0.3 is 6.09 Å². The third-order valence-corrected chi connectivity index (χ3v) is 7.48. The van der Waals surface area contributed by atoms with Crippen LogP contribution in [0.15, 0.2) is 42.9 Å². The molecule has 41 heavy (non-hydrogen) atoms. The number of nitrogens with one attached hydrogen (secondary N) is 2. The molecule has 3 aromatic rings. The van der Waals surface area contributed by atoms with Crippen molar-refractivity contribution in [3.8, 4) is 11.3 Å². The molecule has 5 rings (SSSR count). The summed E-state index contributed by atoms with van der Waals surface area (Å²) < 4.78 is 20.6. The molecule has 2 N–H and O–H groups in total. The van der Waals surface area contributed by atoms with Crippen molar-refractivity contribution < 1.29 is 18.7 Å². The number of ether oxygens (including phenoxy) is 1. The van der Waals surface area contributed by atoms with Crippen molar-refractivity contribution in [1.82, 2.24) is 30.0 Å². The molecule has 1 aliphatic heterocycles. The van der Waals surface area contributed by atoms with Gasteiger partial charge in [0.05, 0.1) is 18.6 Å². The molecule has 10 nitrogen and oxygen atoms in total. The highest BCUT2D eigenvalue weighted by Crippen LogP contribution is 2.47. The van der Waals surface area contributed by atoms with Gasteiger partial charge in [0.25, 0.3) is 0 Å². The maximum absolute atomic E-state index is 13.3. The quantitative estimate of drug-likeness (QED) is 0.370. The fraction of sp³-hybridized carbons (Fsp3) is 0.500. The van der Waals surface area contributed by atoms with Crippen LogP contribution in [0.4, 0.5) is 20.8 Å². The molecule has 0 bridgehead atoms. The molecule has 218 valence electrons. The minimum absolute atomic E-state index is 0.184. The highest BCUT2D eigenvalue weighted by atomic mass is 19.1. The number of amides is 2. The van der Waals surface area contributed by atoms with E-state index in [1.165, 1.54) is 4.90 Å². The van der Waals surface area contributed by atoms with E-state index in [-0.39, 0.29) is 18.0 Å². The Morgan fingerprint density at radius 3 is 2.61 bits per heavy atom. The summed E-state index contributed by atoms with van der Waals surface area (Å²) in [7, 11) is 0. The van der Waals surface area contributed by atoms with E-state index in [0.29, 0.717) is 32.0 Å². The lowest BCUT2D eigenvalue weighted by Crippen LogP contribution is -2.47. The van der Waals surface area contributed by atoms with Gasteiger partial charge in [-0.25, -0.2) is 14.8 Å². The monoisotopic (exact) mass is 563 g/mol. The number of aryl methyl sites for hydroxylation is 1. The standard InChI is InChI=1S/C30H38FN7O3/c1-20-14-33-27(36-25(20)22-16-34-37(17-22)19-30(18-31)11-12-30)35-23-9-7-21(8-10-23)15-32-26(39)24-6-5-13-38(24)28(40)41-29(2,3)4/h7-10,14,16-17,24H,5-6,11-13,15,18-19H2,1-4H3,(H,32,39)(H,33,35,36)/t24-/m0/s1. The van der Waals surface area contributed by atoms with Gasteiger partial charge in [0.1, 0.15) is 11.6 Å². The van der Waals surface area contributed by atoms with Gasteiger partial charge in [-0.15, -0.1) is 0 Å². The summed E-state index contributed by atoms with van der Waals surface area (Å²) in [4.78, 5) is 36.0. The van der Waals surface area contributed by atoms with Crippen LogP contribution in [0.2, 0.25) is 0 Å². The molecule has 2 amide bonds. The third-order valence-electron chi connectivity index (χ3n) is 7.48. The van der Waals surface area contributed by atoms with Gasteiger partial charge < -0.3 is 15.4 Å². The maximum atomic E-state index is 13.3. The molecule has 1 saturated heterocycles. The van der Waals surface area contributed by atoms with Crippen molar-refractivity contribution in [3.63, 3.8) is 0 Å². The van der Waals surface area contributed by atoms with E-state index in [9.17, 15) is 14.0 Å². The van der Waals surface area contributed by atoms with E-state index in [2.05, 4.69) is 20.7 Å². The lowest BCUT2D eigenvalue weighted by molar-refractivity contribution is -0.125. The number of nitrogens with zero attached hydrogens (tertiary/aromatic N) is 5. The molecule has 3 heterocycles. The second-order valence-electron chi connectivity index (χ2n) is 12.2. The van der Waals surface area contributed by atoms with Crippen LogP contribution in [0.1, 0.15) is 57.6 Å². The SMILES string of the molecule is Cc1cnc(Nc2ccc(CNC(=O)[C@@H]3CCCN3C(=O)OC(C)(C)C)cc2)nc1-c1cnn(CC2(CF)CC2)c1. The first-order chi connectivity index (χ1) is 19.5. The summed E-state index contributed by atoms with van der Waals surface area (Å²) in [6.07, 6.45) is 8.16. The smallest absolute Gasteiger partial charge is 0.410 e. The normalized spacial score (nSPS) is 17.8. The number of anilines is 2. The van der Waals surface area contributed by atoms with E-state index in [4.69, 9.17) is 9.72 Å². The summed E-state index contributed by atoms with van der Waals surface area (Å²) in [5, 5.41) is 10.6. The van der Waals surface area contributed by atoms with Crippen LogP contribution in [-0.4, -0.2) is 61.5 Å². The molecule has 2 aromatic heterocycles. The summed E-state index contributed by atoms with van der Waals surface area (Å²) in [6, 6.07) is 7.11. The zero-order chi connectivity index (χ0) is 29.2. The fourth-order valence-electron chi connectivity index (χ4n) is 4.94. The largest absolute Gasteiger partial charge is 0.444 e. The lowest BCUT2D eigenvalue weighted by Gasteiger charge is -2.28. The Balaban J connectivity index is 1.17. The molecule has 1 aromatic carbocycles. The van der Waals surface area contributed by atoms with Gasteiger partial charge in [0, 0.05) is 48.7 Å². The lowest BCUT2D eigenvalue weighted by atomic mass is 10.1. The second-order valence-corrected chi connectivity index (χ2v) is 12.2. The van der Waals surface area contributed by atoms with E-state index in [1.807, 2.05) is 58.2 Å². The molecule has 0 radical (unpaired) electrons. The predicted molar refractivity (Wildman–Crippen MR) is 153 cm³/mol. The molecule has 0 unspecified atom stereocenters. The van der Waals surface area contributed by atoms with E-state index in [0.717, 1.165) is 47.3 Å². The second kappa shape index (κ2) is 11.5. The summed E-state index contributed by atoms with van der Waals surface area (Å²) in [5.74, 6) is 0.266. The number of hydrogen-bond acceptors (Lipinski definition) is 7. The Morgan fingerprint density at radius 2 is 1.93 bits per heavy atom.